The minimum Gasteiger partial charge on any atom is -0.456 e. The van der Waals surface area contributed by atoms with Gasteiger partial charge in [-0.05, 0) is 54.4 Å². The van der Waals surface area contributed by atoms with E-state index in [0.29, 0.717) is 11.1 Å². The maximum Gasteiger partial charge on any atom is 0.416 e. The number of hydrogen-bond donors (Lipinski definition) is 1. The zero-order chi connectivity index (χ0) is 25.3. The number of carbonyl (C=O) groups excluding carboxylic acids is 1. The highest BCUT2D eigenvalue weighted by atomic mass is 35.5. The molecule has 0 aliphatic rings. The lowest BCUT2D eigenvalue weighted by molar-refractivity contribution is -0.385. The number of ether oxygens (including phenoxy) is 1. The van der Waals surface area contributed by atoms with Crippen molar-refractivity contribution < 1.29 is 31.8 Å². The smallest absolute Gasteiger partial charge is 0.416 e. The van der Waals surface area contributed by atoms with Gasteiger partial charge in [0.1, 0.15) is 17.1 Å². The lowest BCUT2D eigenvalue weighted by Crippen LogP contribution is -2.30. The maximum atomic E-state index is 12.9. The molecule has 0 saturated carbocycles. The quantitative estimate of drug-likeness (QED) is 0.234. The second kappa shape index (κ2) is 9.53. The van der Waals surface area contributed by atoms with Crippen molar-refractivity contribution in [3.05, 3.63) is 92.0 Å². The molecular weight excluding hydrogens is 520 g/mol. The number of alkyl halides is 3. The van der Waals surface area contributed by atoms with E-state index in [9.17, 15) is 32.3 Å². The number of hydrogen-bond acceptors (Lipinski definition) is 5. The topological polar surface area (TPSA) is 98.5 Å². The average Bonchev–Trinajstić information content (AvgIpc) is 2.74. The summed E-state index contributed by atoms with van der Waals surface area (Å²) < 4.78 is 59.0. The molecule has 3 aromatic carbocycles. The van der Waals surface area contributed by atoms with Gasteiger partial charge in [0.2, 0.25) is 0 Å². The molecule has 0 aromatic heterocycles. The van der Waals surface area contributed by atoms with Crippen LogP contribution < -0.4 is 9.46 Å². The highest BCUT2D eigenvalue weighted by Gasteiger charge is 2.31. The normalized spacial score (nSPS) is 13.1. The van der Waals surface area contributed by atoms with Crippen LogP contribution in [0.5, 0.6) is 11.5 Å². The van der Waals surface area contributed by atoms with E-state index in [4.69, 9.17) is 27.9 Å². The molecule has 1 atom stereocenters. The number of halogens is 5. The third kappa shape index (κ3) is 5.79. The average molecular weight is 533 g/mol. The monoisotopic (exact) mass is 532 g/mol. The summed E-state index contributed by atoms with van der Waals surface area (Å²) in [6.07, 6.45) is -4.62. The highest BCUT2D eigenvalue weighted by molar-refractivity contribution is 7.99. The van der Waals surface area contributed by atoms with Crippen LogP contribution in [-0.4, -0.2) is 20.9 Å². The number of amides is 1. The van der Waals surface area contributed by atoms with Gasteiger partial charge in [0, 0.05) is 22.1 Å². The molecule has 178 valence electrons. The fourth-order valence-corrected chi connectivity index (χ4v) is 4.17. The van der Waals surface area contributed by atoms with Gasteiger partial charge < -0.3 is 4.74 Å². The Hall–Kier alpha value is -3.28. The summed E-state index contributed by atoms with van der Waals surface area (Å²) in [6.45, 7) is 0. The molecule has 7 nitrogen and oxygen atoms in total. The standard InChI is InChI=1S/C21H13Cl2F3N2O5S/c1-34(32,15-6-3-13(22)4-7-15)27-20(29)16-11-14(5-8-18(16)28(30)31)33-19-9-2-12(10-17(19)23)21(24,25)26/h2-11H,1H2,(H,27,29,32). The molecule has 0 fully saturated rings. The summed E-state index contributed by atoms with van der Waals surface area (Å²) in [5.74, 6) is 2.07. The van der Waals surface area contributed by atoms with Crippen molar-refractivity contribution in [1.29, 1.82) is 0 Å². The number of nitrogens with zero attached hydrogens (tertiary/aromatic N) is 1. The van der Waals surface area contributed by atoms with Gasteiger partial charge in [0.15, 0.2) is 0 Å². The van der Waals surface area contributed by atoms with Crippen molar-refractivity contribution >= 4 is 50.4 Å². The number of nitro benzene ring substituents is 1. The van der Waals surface area contributed by atoms with Crippen LogP contribution in [0.1, 0.15) is 15.9 Å². The number of nitro groups is 1. The first kappa shape index (κ1) is 25.3. The fourth-order valence-electron chi connectivity index (χ4n) is 2.72. The van der Waals surface area contributed by atoms with Crippen molar-refractivity contribution in [1.82, 2.24) is 4.72 Å². The number of nitrogens with one attached hydrogen (secondary N) is 1. The van der Waals surface area contributed by atoms with Gasteiger partial charge in [0.05, 0.1) is 25.2 Å². The molecule has 0 saturated heterocycles. The van der Waals surface area contributed by atoms with E-state index >= 15 is 0 Å². The Morgan fingerprint density at radius 1 is 1.06 bits per heavy atom. The van der Waals surface area contributed by atoms with E-state index < -0.39 is 43.5 Å². The summed E-state index contributed by atoms with van der Waals surface area (Å²) in [7, 11) is -3.41. The van der Waals surface area contributed by atoms with Gasteiger partial charge in [-0.3, -0.25) is 19.6 Å². The molecule has 1 amide bonds. The van der Waals surface area contributed by atoms with Crippen LogP contribution in [-0.2, 0) is 15.9 Å². The summed E-state index contributed by atoms with van der Waals surface area (Å²) in [6, 6.07) is 11.0. The van der Waals surface area contributed by atoms with Gasteiger partial charge in [-0.25, -0.2) is 4.21 Å². The summed E-state index contributed by atoms with van der Waals surface area (Å²) in [5, 5.41) is 11.4. The Morgan fingerprint density at radius 2 is 1.71 bits per heavy atom. The first-order valence-electron chi connectivity index (χ1n) is 9.06. The second-order valence-corrected chi connectivity index (χ2v) is 9.61. The van der Waals surface area contributed by atoms with Gasteiger partial charge in [-0.1, -0.05) is 23.2 Å². The van der Waals surface area contributed by atoms with Crippen LogP contribution in [0.3, 0.4) is 0 Å². The van der Waals surface area contributed by atoms with Crippen LogP contribution in [0.15, 0.2) is 65.6 Å². The predicted octanol–water partition coefficient (Wildman–Crippen LogP) is 6.13. The molecule has 1 unspecified atom stereocenters. The number of benzene rings is 3. The van der Waals surface area contributed by atoms with Gasteiger partial charge in [-0.2, -0.15) is 13.2 Å². The van der Waals surface area contributed by atoms with Crippen molar-refractivity contribution in [2.75, 3.05) is 0 Å². The zero-order valence-corrected chi connectivity index (χ0v) is 19.1. The van der Waals surface area contributed by atoms with E-state index in [0.717, 1.165) is 30.3 Å². The van der Waals surface area contributed by atoms with Gasteiger partial charge in [-0.15, -0.1) is 0 Å². The van der Waals surface area contributed by atoms with E-state index in [1.54, 1.807) is 0 Å². The van der Waals surface area contributed by atoms with E-state index in [2.05, 4.69) is 10.6 Å². The molecule has 13 heteroatoms. The minimum atomic E-state index is -4.62. The largest absolute Gasteiger partial charge is 0.456 e. The molecule has 0 radical (unpaired) electrons. The van der Waals surface area contributed by atoms with Crippen LogP contribution in [0.25, 0.3) is 0 Å². The Morgan fingerprint density at radius 3 is 2.26 bits per heavy atom. The van der Waals surface area contributed by atoms with Crippen molar-refractivity contribution in [3.63, 3.8) is 0 Å². The van der Waals surface area contributed by atoms with E-state index in [1.165, 1.54) is 24.3 Å². The van der Waals surface area contributed by atoms with Crippen molar-refractivity contribution in [3.8, 4) is 11.5 Å². The molecule has 34 heavy (non-hydrogen) atoms. The first-order chi connectivity index (χ1) is 15.8. The maximum absolute atomic E-state index is 12.9. The molecule has 0 bridgehead atoms. The lowest BCUT2D eigenvalue weighted by Gasteiger charge is -2.14. The lowest BCUT2D eigenvalue weighted by atomic mass is 10.1. The molecule has 0 spiro atoms. The third-order valence-electron chi connectivity index (χ3n) is 4.35. The molecule has 1 N–H and O–H groups in total. The van der Waals surface area contributed by atoms with E-state index in [1.807, 2.05) is 0 Å². The Labute approximate surface area is 201 Å². The Bertz CT molecular complexity index is 1380. The van der Waals surface area contributed by atoms with Crippen LogP contribution in [0, 0.1) is 10.1 Å². The predicted molar refractivity (Wildman–Crippen MR) is 122 cm³/mol. The third-order valence-corrected chi connectivity index (χ3v) is 6.44. The molecule has 0 aliphatic carbocycles. The second-order valence-electron chi connectivity index (χ2n) is 6.74. The van der Waals surface area contributed by atoms with Gasteiger partial charge >= 0.3 is 6.18 Å². The summed E-state index contributed by atoms with van der Waals surface area (Å²) >= 11 is 11.7. The fraction of sp³-hybridized carbons (Fsp3) is 0.0476. The summed E-state index contributed by atoms with van der Waals surface area (Å²) in [5.41, 5.74) is -2.15. The molecule has 3 aromatic rings. The van der Waals surface area contributed by atoms with Gasteiger partial charge in [0.25, 0.3) is 11.6 Å². The van der Waals surface area contributed by atoms with Crippen LogP contribution >= 0.6 is 23.2 Å². The minimum absolute atomic E-state index is 0.122. The van der Waals surface area contributed by atoms with Crippen molar-refractivity contribution in [2.45, 2.75) is 11.1 Å². The molecule has 0 heterocycles. The highest BCUT2D eigenvalue weighted by Crippen LogP contribution is 2.37. The molecular formula is C21H13Cl2F3N2O5S. The number of rotatable bonds is 6. The van der Waals surface area contributed by atoms with Crippen molar-refractivity contribution in [2.24, 2.45) is 0 Å². The zero-order valence-electron chi connectivity index (χ0n) is 16.8. The SMILES string of the molecule is C=S(=O)(NC(=O)c1cc(Oc2ccc(C(F)(F)F)cc2Cl)ccc1[N+](=O)[O-])c1ccc(Cl)cc1. The van der Waals surface area contributed by atoms with Crippen LogP contribution in [0.4, 0.5) is 18.9 Å². The van der Waals surface area contributed by atoms with Crippen LogP contribution in [0.2, 0.25) is 10.0 Å². The first-order valence-corrected chi connectivity index (χ1v) is 11.5. The van der Waals surface area contributed by atoms with E-state index in [-0.39, 0.29) is 21.4 Å². The number of carbonyl (C=O) groups is 1. The summed E-state index contributed by atoms with van der Waals surface area (Å²) in [4.78, 5) is 23.5. The molecule has 3 rings (SSSR count). The molecule has 0 aliphatic heterocycles. The Balaban J connectivity index is 1.93. The Kier molecular flexibility index (Phi) is 7.10.